The molecular formula is C18H19N3O4S. The molecule has 0 aliphatic carbocycles. The van der Waals surface area contributed by atoms with E-state index in [4.69, 9.17) is 0 Å². The molecule has 1 saturated heterocycles. The number of benzene rings is 2. The van der Waals surface area contributed by atoms with Crippen molar-refractivity contribution in [1.29, 1.82) is 0 Å². The normalized spacial score (nSPS) is 14.5. The number of sulfonamides is 1. The monoisotopic (exact) mass is 373 g/mol. The molecule has 0 spiro atoms. The number of anilines is 2. The van der Waals surface area contributed by atoms with Crippen LogP contribution in [0, 0.1) is 0 Å². The first-order chi connectivity index (χ1) is 12.4. The van der Waals surface area contributed by atoms with Gasteiger partial charge in [0.25, 0.3) is 5.91 Å². The maximum atomic E-state index is 12.4. The van der Waals surface area contributed by atoms with Crippen LogP contribution >= 0.6 is 0 Å². The van der Waals surface area contributed by atoms with Gasteiger partial charge in [-0.3, -0.25) is 9.59 Å². The van der Waals surface area contributed by atoms with Crippen LogP contribution in [0.1, 0.15) is 23.2 Å². The van der Waals surface area contributed by atoms with Crippen LogP contribution in [0.25, 0.3) is 0 Å². The van der Waals surface area contributed by atoms with Crippen molar-refractivity contribution in [3.05, 3.63) is 54.1 Å². The highest BCUT2D eigenvalue weighted by atomic mass is 32.2. The maximum Gasteiger partial charge on any atom is 0.255 e. The van der Waals surface area contributed by atoms with Crippen molar-refractivity contribution >= 4 is 33.2 Å². The molecule has 0 bridgehead atoms. The Labute approximate surface area is 152 Å². The highest BCUT2D eigenvalue weighted by molar-refractivity contribution is 7.89. The van der Waals surface area contributed by atoms with Crippen LogP contribution in [0.5, 0.6) is 0 Å². The fraction of sp³-hybridized carbons (Fsp3) is 0.222. The summed E-state index contributed by atoms with van der Waals surface area (Å²) >= 11 is 0. The van der Waals surface area contributed by atoms with E-state index >= 15 is 0 Å². The molecule has 1 heterocycles. The van der Waals surface area contributed by atoms with Gasteiger partial charge in [0, 0.05) is 29.9 Å². The Hall–Kier alpha value is -2.71. The van der Waals surface area contributed by atoms with Gasteiger partial charge in [-0.25, -0.2) is 13.1 Å². The Morgan fingerprint density at radius 3 is 2.46 bits per heavy atom. The number of nitrogens with one attached hydrogen (secondary N) is 2. The van der Waals surface area contributed by atoms with E-state index in [1.165, 1.54) is 25.2 Å². The Balaban J connectivity index is 1.74. The van der Waals surface area contributed by atoms with Gasteiger partial charge in [-0.2, -0.15) is 0 Å². The molecule has 1 fully saturated rings. The van der Waals surface area contributed by atoms with Gasteiger partial charge in [-0.1, -0.05) is 6.07 Å². The van der Waals surface area contributed by atoms with E-state index in [0.29, 0.717) is 18.7 Å². The minimum atomic E-state index is -3.61. The molecule has 0 radical (unpaired) electrons. The second kappa shape index (κ2) is 7.27. The highest BCUT2D eigenvalue weighted by Crippen LogP contribution is 2.23. The van der Waals surface area contributed by atoms with E-state index in [0.717, 1.165) is 12.1 Å². The van der Waals surface area contributed by atoms with E-state index in [9.17, 15) is 18.0 Å². The molecule has 2 amide bonds. The molecule has 0 unspecified atom stereocenters. The van der Waals surface area contributed by atoms with Crippen molar-refractivity contribution in [2.24, 2.45) is 0 Å². The predicted octanol–water partition coefficient (Wildman–Crippen LogP) is 1.97. The van der Waals surface area contributed by atoms with Crippen molar-refractivity contribution in [3.8, 4) is 0 Å². The molecule has 1 aliphatic heterocycles. The van der Waals surface area contributed by atoms with Crippen LogP contribution in [0.15, 0.2) is 53.4 Å². The zero-order valence-corrected chi connectivity index (χ0v) is 15.0. The average Bonchev–Trinajstić information content (AvgIpc) is 3.08. The second-order valence-corrected chi connectivity index (χ2v) is 7.77. The molecule has 7 nitrogen and oxygen atoms in total. The number of hydrogen-bond acceptors (Lipinski definition) is 4. The second-order valence-electron chi connectivity index (χ2n) is 5.89. The molecule has 0 aromatic heterocycles. The summed E-state index contributed by atoms with van der Waals surface area (Å²) in [6.45, 7) is 0.706. The van der Waals surface area contributed by atoms with Crippen molar-refractivity contribution < 1.29 is 18.0 Å². The van der Waals surface area contributed by atoms with Crippen molar-refractivity contribution in [3.63, 3.8) is 0 Å². The minimum absolute atomic E-state index is 0.0237. The number of carbonyl (C=O) groups excluding carboxylic acids is 2. The Morgan fingerprint density at radius 1 is 1.12 bits per heavy atom. The van der Waals surface area contributed by atoms with Gasteiger partial charge >= 0.3 is 0 Å². The lowest BCUT2D eigenvalue weighted by molar-refractivity contribution is -0.117. The lowest BCUT2D eigenvalue weighted by Crippen LogP contribution is -2.23. The molecular weight excluding hydrogens is 354 g/mol. The third-order valence-electron chi connectivity index (χ3n) is 4.19. The molecule has 2 N–H and O–H groups in total. The molecule has 8 heteroatoms. The predicted molar refractivity (Wildman–Crippen MR) is 98.7 cm³/mol. The lowest BCUT2D eigenvalue weighted by atomic mass is 10.2. The molecule has 2 aromatic carbocycles. The maximum absolute atomic E-state index is 12.4. The van der Waals surface area contributed by atoms with Crippen LogP contribution < -0.4 is 14.9 Å². The Morgan fingerprint density at radius 2 is 1.85 bits per heavy atom. The Kier molecular flexibility index (Phi) is 5.06. The van der Waals surface area contributed by atoms with Crippen LogP contribution in [0.2, 0.25) is 0 Å². The van der Waals surface area contributed by atoms with Gasteiger partial charge in [0.2, 0.25) is 15.9 Å². The van der Waals surface area contributed by atoms with Gasteiger partial charge in [0.05, 0.1) is 4.90 Å². The van der Waals surface area contributed by atoms with Gasteiger partial charge in [-0.05, 0) is 55.9 Å². The van der Waals surface area contributed by atoms with E-state index in [-0.39, 0.29) is 16.4 Å². The quantitative estimate of drug-likeness (QED) is 0.838. The van der Waals surface area contributed by atoms with Crippen molar-refractivity contribution in [2.45, 2.75) is 17.7 Å². The molecule has 0 atom stereocenters. The summed E-state index contributed by atoms with van der Waals surface area (Å²) in [4.78, 5) is 25.9. The van der Waals surface area contributed by atoms with E-state index < -0.39 is 15.9 Å². The minimum Gasteiger partial charge on any atom is -0.322 e. The summed E-state index contributed by atoms with van der Waals surface area (Å²) in [6, 6.07) is 12.8. The summed E-state index contributed by atoms with van der Waals surface area (Å²) in [7, 11) is -2.30. The molecule has 3 rings (SSSR count). The largest absolute Gasteiger partial charge is 0.322 e. The first-order valence-electron chi connectivity index (χ1n) is 8.16. The van der Waals surface area contributed by atoms with Crippen LogP contribution in [-0.2, 0) is 14.8 Å². The number of hydrogen-bond donors (Lipinski definition) is 2. The number of nitrogens with zero attached hydrogens (tertiary/aromatic N) is 1. The fourth-order valence-electron chi connectivity index (χ4n) is 2.77. The fourth-order valence-corrected chi connectivity index (χ4v) is 3.55. The SMILES string of the molecule is CNS(=O)(=O)c1cccc(C(=O)Nc2ccc(N3CCCC3=O)cc2)c1. The molecule has 0 saturated carbocycles. The van der Waals surface area contributed by atoms with E-state index in [1.807, 2.05) is 0 Å². The van der Waals surface area contributed by atoms with Gasteiger partial charge < -0.3 is 10.2 Å². The standard InChI is InChI=1S/C18H19N3O4S/c1-19-26(24,25)16-5-2-4-13(12-16)18(23)20-14-7-9-15(10-8-14)21-11-3-6-17(21)22/h2,4-5,7-10,12,19H,3,6,11H2,1H3,(H,20,23). The summed E-state index contributed by atoms with van der Waals surface area (Å²) in [5, 5.41) is 2.73. The molecule has 26 heavy (non-hydrogen) atoms. The lowest BCUT2D eigenvalue weighted by Gasteiger charge is -2.16. The summed E-state index contributed by atoms with van der Waals surface area (Å²) in [5.41, 5.74) is 1.60. The van der Waals surface area contributed by atoms with Crippen LogP contribution in [-0.4, -0.2) is 33.8 Å². The molecule has 1 aliphatic rings. The number of rotatable bonds is 5. The molecule has 136 valence electrons. The number of amides is 2. The molecule has 2 aromatic rings. The highest BCUT2D eigenvalue weighted by Gasteiger charge is 2.21. The first kappa shape index (κ1) is 18.1. The summed E-state index contributed by atoms with van der Waals surface area (Å²) in [6.07, 6.45) is 1.41. The first-order valence-corrected chi connectivity index (χ1v) is 9.64. The van der Waals surface area contributed by atoms with Gasteiger partial charge in [-0.15, -0.1) is 0 Å². The smallest absolute Gasteiger partial charge is 0.255 e. The van der Waals surface area contributed by atoms with E-state index in [1.54, 1.807) is 35.2 Å². The third-order valence-corrected chi connectivity index (χ3v) is 5.60. The van der Waals surface area contributed by atoms with Gasteiger partial charge in [0.1, 0.15) is 0 Å². The Bertz CT molecular complexity index is 939. The third kappa shape index (κ3) is 3.76. The van der Waals surface area contributed by atoms with Crippen molar-refractivity contribution in [2.75, 3.05) is 23.8 Å². The van der Waals surface area contributed by atoms with E-state index in [2.05, 4.69) is 10.0 Å². The average molecular weight is 373 g/mol. The van der Waals surface area contributed by atoms with Crippen molar-refractivity contribution in [1.82, 2.24) is 4.72 Å². The topological polar surface area (TPSA) is 95.6 Å². The van der Waals surface area contributed by atoms with Gasteiger partial charge in [0.15, 0.2) is 0 Å². The zero-order chi connectivity index (χ0) is 18.7. The zero-order valence-electron chi connectivity index (χ0n) is 14.2. The van der Waals surface area contributed by atoms with Crippen LogP contribution in [0.4, 0.5) is 11.4 Å². The van der Waals surface area contributed by atoms with Crippen LogP contribution in [0.3, 0.4) is 0 Å². The number of carbonyl (C=O) groups is 2. The summed E-state index contributed by atoms with van der Waals surface area (Å²) in [5.74, 6) is -0.313. The summed E-state index contributed by atoms with van der Waals surface area (Å²) < 4.78 is 25.9.